The molecule has 1 rings (SSSR count). The van der Waals surface area contributed by atoms with E-state index < -0.39 is 5.97 Å². The summed E-state index contributed by atoms with van der Waals surface area (Å²) < 4.78 is 5.57. The largest absolute Gasteiger partial charge is 0.478 e. The fourth-order valence-corrected chi connectivity index (χ4v) is 2.82. The highest BCUT2D eigenvalue weighted by atomic mass is 16.6. The van der Waals surface area contributed by atoms with Gasteiger partial charge in [-0.25, -0.2) is 4.79 Å². The molecule has 0 aromatic carbocycles. The first-order valence-electron chi connectivity index (χ1n) is 8.88. The summed E-state index contributed by atoms with van der Waals surface area (Å²) in [5.41, 5.74) is 0. The van der Waals surface area contributed by atoms with E-state index in [1.807, 2.05) is 0 Å². The molecule has 128 valence electrons. The lowest BCUT2D eigenvalue weighted by Crippen LogP contribution is -2.16. The zero-order chi connectivity index (χ0) is 16.2. The van der Waals surface area contributed by atoms with Gasteiger partial charge in [-0.1, -0.05) is 57.9 Å². The summed E-state index contributed by atoms with van der Waals surface area (Å²) in [5, 5.41) is 18.5. The van der Waals surface area contributed by atoms with Crippen molar-refractivity contribution in [3.05, 3.63) is 12.2 Å². The summed E-state index contributed by atoms with van der Waals surface area (Å²) in [5.74, 6) is -0.877. The number of rotatable bonds is 14. The summed E-state index contributed by atoms with van der Waals surface area (Å²) in [4.78, 5) is 10.3. The van der Waals surface area contributed by atoms with Gasteiger partial charge in [0.25, 0.3) is 0 Å². The van der Waals surface area contributed by atoms with Crippen molar-refractivity contribution in [3.63, 3.8) is 0 Å². The van der Waals surface area contributed by atoms with Crippen molar-refractivity contribution in [2.75, 3.05) is 0 Å². The summed E-state index contributed by atoms with van der Waals surface area (Å²) in [6, 6.07) is 0. The Morgan fingerprint density at radius 2 is 1.86 bits per heavy atom. The Bertz CT molecular complexity index is 327. The third-order valence-corrected chi connectivity index (χ3v) is 4.22. The third-order valence-electron chi connectivity index (χ3n) is 4.22. The molecule has 1 saturated heterocycles. The molecule has 3 atom stereocenters. The molecule has 0 spiro atoms. The number of carbonyl (C=O) groups is 1. The first kappa shape index (κ1) is 19.2. The van der Waals surface area contributed by atoms with E-state index in [-0.39, 0.29) is 18.3 Å². The minimum atomic E-state index is -0.877. The lowest BCUT2D eigenvalue weighted by Gasteiger charge is -2.07. The number of epoxide rings is 1. The number of hydrogen-bond donors (Lipinski definition) is 2. The van der Waals surface area contributed by atoms with Gasteiger partial charge in [0.15, 0.2) is 0 Å². The van der Waals surface area contributed by atoms with Crippen molar-refractivity contribution < 1.29 is 19.7 Å². The Kier molecular flexibility index (Phi) is 10.2. The Morgan fingerprint density at radius 1 is 1.14 bits per heavy atom. The molecule has 0 saturated carbocycles. The number of carboxylic acid groups (broad SMARTS) is 1. The van der Waals surface area contributed by atoms with E-state index in [0.717, 1.165) is 44.9 Å². The van der Waals surface area contributed by atoms with Gasteiger partial charge in [-0.05, 0) is 25.7 Å². The molecule has 2 N–H and O–H groups in total. The number of ether oxygens (including phenoxy) is 1. The van der Waals surface area contributed by atoms with Gasteiger partial charge in [-0.3, -0.25) is 0 Å². The molecule has 0 radical (unpaired) electrons. The average molecular weight is 312 g/mol. The molecular weight excluding hydrogens is 280 g/mol. The van der Waals surface area contributed by atoms with Crippen LogP contribution in [-0.2, 0) is 9.53 Å². The molecule has 1 heterocycles. The van der Waals surface area contributed by atoms with Crippen LogP contribution < -0.4 is 0 Å². The summed E-state index contributed by atoms with van der Waals surface area (Å²) in [6.45, 7) is 2.21. The van der Waals surface area contributed by atoms with Gasteiger partial charge < -0.3 is 14.9 Å². The molecule has 1 aliphatic rings. The quantitative estimate of drug-likeness (QED) is 0.288. The monoisotopic (exact) mass is 312 g/mol. The predicted octanol–water partition coefficient (Wildman–Crippen LogP) is 4.07. The number of aliphatic hydroxyl groups excluding tert-OH is 1. The number of hydrogen-bond acceptors (Lipinski definition) is 3. The second-order valence-electron chi connectivity index (χ2n) is 6.29. The Morgan fingerprint density at radius 3 is 2.59 bits per heavy atom. The predicted molar refractivity (Wildman–Crippen MR) is 87.9 cm³/mol. The fraction of sp³-hybridized carbons (Fsp3) is 0.833. The van der Waals surface area contributed by atoms with Gasteiger partial charge in [0, 0.05) is 6.08 Å². The molecule has 0 amide bonds. The van der Waals surface area contributed by atoms with E-state index in [0.29, 0.717) is 0 Å². The highest BCUT2D eigenvalue weighted by molar-refractivity contribution is 5.79. The maximum atomic E-state index is 10.3. The van der Waals surface area contributed by atoms with Crippen molar-refractivity contribution in [2.45, 2.75) is 95.9 Å². The molecule has 22 heavy (non-hydrogen) atoms. The van der Waals surface area contributed by atoms with Crippen LogP contribution in [0.5, 0.6) is 0 Å². The zero-order valence-electron chi connectivity index (χ0n) is 13.9. The number of unbranched alkanes of at least 4 members (excludes halogenated alkanes) is 7. The maximum Gasteiger partial charge on any atom is 0.327 e. The van der Waals surface area contributed by atoms with E-state index in [1.54, 1.807) is 6.08 Å². The van der Waals surface area contributed by atoms with Crippen LogP contribution in [-0.4, -0.2) is 34.5 Å². The molecule has 1 aliphatic heterocycles. The number of allylic oxidation sites excluding steroid dienone is 1. The lowest BCUT2D eigenvalue weighted by atomic mass is 10.0. The lowest BCUT2D eigenvalue weighted by molar-refractivity contribution is -0.131. The van der Waals surface area contributed by atoms with E-state index in [4.69, 9.17) is 9.84 Å². The van der Waals surface area contributed by atoms with Gasteiger partial charge in [0.2, 0.25) is 0 Å². The van der Waals surface area contributed by atoms with Crippen LogP contribution in [0, 0.1) is 0 Å². The van der Waals surface area contributed by atoms with Crippen molar-refractivity contribution in [1.29, 1.82) is 0 Å². The fourth-order valence-electron chi connectivity index (χ4n) is 2.82. The molecule has 0 bridgehead atoms. The third kappa shape index (κ3) is 9.21. The molecule has 1 fully saturated rings. The molecular formula is C18H32O4. The van der Waals surface area contributed by atoms with Gasteiger partial charge in [-0.15, -0.1) is 0 Å². The van der Waals surface area contributed by atoms with E-state index in [9.17, 15) is 9.90 Å². The van der Waals surface area contributed by atoms with Crippen LogP contribution in [0.3, 0.4) is 0 Å². The summed E-state index contributed by atoms with van der Waals surface area (Å²) >= 11 is 0. The SMILES string of the molecule is CCCCCCCC(O)C1OC1CCCCCC=CC(=O)O. The molecule has 3 unspecified atom stereocenters. The summed E-state index contributed by atoms with van der Waals surface area (Å²) in [7, 11) is 0. The van der Waals surface area contributed by atoms with Gasteiger partial charge >= 0.3 is 5.97 Å². The Balaban J connectivity index is 1.91. The number of aliphatic hydroxyl groups is 1. The molecule has 0 aliphatic carbocycles. The standard InChI is InChI=1S/C18H32O4/c1-2-3-4-6-9-12-15(19)18-16(22-18)13-10-7-5-8-11-14-17(20)21/h11,14-16,18-19H,2-10,12-13H2,1H3,(H,20,21). The van der Waals surface area contributed by atoms with E-state index in [2.05, 4.69) is 6.92 Å². The van der Waals surface area contributed by atoms with Crippen LogP contribution >= 0.6 is 0 Å². The number of aliphatic carboxylic acids is 1. The zero-order valence-corrected chi connectivity index (χ0v) is 13.9. The number of carboxylic acids is 1. The Labute approximate surface area is 134 Å². The van der Waals surface area contributed by atoms with E-state index in [1.165, 1.54) is 31.8 Å². The van der Waals surface area contributed by atoms with E-state index >= 15 is 0 Å². The van der Waals surface area contributed by atoms with Crippen LogP contribution in [0.1, 0.15) is 77.6 Å². The van der Waals surface area contributed by atoms with Crippen LogP contribution in [0.2, 0.25) is 0 Å². The van der Waals surface area contributed by atoms with Crippen molar-refractivity contribution in [1.82, 2.24) is 0 Å². The minimum Gasteiger partial charge on any atom is -0.478 e. The molecule has 0 aromatic heterocycles. The van der Waals surface area contributed by atoms with Gasteiger partial charge in [0.1, 0.15) is 6.10 Å². The van der Waals surface area contributed by atoms with Crippen molar-refractivity contribution in [3.8, 4) is 0 Å². The maximum absolute atomic E-state index is 10.3. The highest BCUT2D eigenvalue weighted by Gasteiger charge is 2.42. The minimum absolute atomic E-state index is 0.0677. The average Bonchev–Trinajstić information content (AvgIpc) is 3.25. The summed E-state index contributed by atoms with van der Waals surface area (Å²) in [6.07, 6.45) is 15.0. The first-order valence-corrected chi connectivity index (χ1v) is 8.88. The van der Waals surface area contributed by atoms with Crippen molar-refractivity contribution >= 4 is 5.97 Å². The van der Waals surface area contributed by atoms with Crippen molar-refractivity contribution in [2.24, 2.45) is 0 Å². The molecule has 0 aromatic rings. The normalized spacial score (nSPS) is 22.1. The van der Waals surface area contributed by atoms with Gasteiger partial charge in [-0.2, -0.15) is 0 Å². The topological polar surface area (TPSA) is 70.1 Å². The molecule has 4 heteroatoms. The van der Waals surface area contributed by atoms with Crippen LogP contribution in [0.4, 0.5) is 0 Å². The Hall–Kier alpha value is -0.870. The van der Waals surface area contributed by atoms with Crippen LogP contribution in [0.15, 0.2) is 12.2 Å². The second kappa shape index (κ2) is 11.7. The smallest absolute Gasteiger partial charge is 0.327 e. The highest BCUT2D eigenvalue weighted by Crippen LogP contribution is 2.32. The molecule has 4 nitrogen and oxygen atoms in total. The second-order valence-corrected chi connectivity index (χ2v) is 6.29. The first-order chi connectivity index (χ1) is 10.6. The van der Waals surface area contributed by atoms with Gasteiger partial charge in [0.05, 0.1) is 12.2 Å². The van der Waals surface area contributed by atoms with Crippen LogP contribution in [0.25, 0.3) is 0 Å².